The highest BCUT2D eigenvalue weighted by atomic mass is 16.5. The third-order valence-electron chi connectivity index (χ3n) is 5.19. The summed E-state index contributed by atoms with van der Waals surface area (Å²) in [5.74, 6) is 0.788. The zero-order valence-electron chi connectivity index (χ0n) is 19.8. The molecule has 1 heterocycles. The molecule has 0 aliphatic rings. The summed E-state index contributed by atoms with van der Waals surface area (Å²) in [5.41, 5.74) is 4.88. The maximum Gasteiger partial charge on any atom is 0.243 e. The minimum Gasteiger partial charge on any atom is -0.494 e. The van der Waals surface area contributed by atoms with Crippen molar-refractivity contribution in [2.45, 2.75) is 45.4 Å². The first-order chi connectivity index (χ1) is 17.0. The van der Waals surface area contributed by atoms with Crippen LogP contribution in [0, 0.1) is 0 Å². The molecule has 0 atom stereocenters. The molecule has 0 fully saturated rings. The smallest absolute Gasteiger partial charge is 0.243 e. The van der Waals surface area contributed by atoms with Crippen LogP contribution >= 0.6 is 0 Å². The number of carbonyl (C=O) groups excluding carboxylic acids is 2. The molecule has 0 spiro atoms. The average Bonchev–Trinajstić information content (AvgIpc) is 2.86. The van der Waals surface area contributed by atoms with E-state index in [1.165, 1.54) is 6.92 Å². The van der Waals surface area contributed by atoms with Crippen molar-refractivity contribution in [1.29, 1.82) is 0 Å². The molecule has 9 nitrogen and oxygen atoms in total. The second-order valence-corrected chi connectivity index (χ2v) is 8.08. The van der Waals surface area contributed by atoms with Crippen molar-refractivity contribution in [1.82, 2.24) is 15.4 Å². The Morgan fingerprint density at radius 2 is 1.71 bits per heavy atom. The fourth-order valence-corrected chi connectivity index (χ4v) is 3.46. The number of hydrogen-bond donors (Lipinski definition) is 4. The van der Waals surface area contributed by atoms with E-state index in [2.05, 4.69) is 20.6 Å². The van der Waals surface area contributed by atoms with Gasteiger partial charge in [0.25, 0.3) is 0 Å². The van der Waals surface area contributed by atoms with Crippen LogP contribution in [0.1, 0.15) is 45.4 Å². The van der Waals surface area contributed by atoms with Crippen molar-refractivity contribution in [2.24, 2.45) is 0 Å². The second kappa shape index (κ2) is 13.7. The molecular weight excluding hydrogens is 446 g/mol. The molecule has 0 aliphatic carbocycles. The van der Waals surface area contributed by atoms with E-state index in [0.717, 1.165) is 60.5 Å². The number of hydrogen-bond acceptors (Lipinski definition) is 7. The molecule has 0 unspecified atom stereocenters. The number of ether oxygens (including phenoxy) is 1. The number of amides is 2. The van der Waals surface area contributed by atoms with Gasteiger partial charge in [-0.15, -0.1) is 0 Å². The van der Waals surface area contributed by atoms with E-state index in [1.807, 2.05) is 54.6 Å². The van der Waals surface area contributed by atoms with Gasteiger partial charge in [-0.1, -0.05) is 37.5 Å². The molecule has 0 saturated heterocycles. The predicted molar refractivity (Wildman–Crippen MR) is 135 cm³/mol. The van der Waals surface area contributed by atoms with Gasteiger partial charge in [-0.05, 0) is 43.2 Å². The first kappa shape index (κ1) is 25.6. The Hall–Kier alpha value is -3.98. The molecule has 3 rings (SSSR count). The van der Waals surface area contributed by atoms with Crippen LogP contribution in [0.15, 0.2) is 60.8 Å². The number of nitrogens with one attached hydrogen (secondary N) is 3. The minimum atomic E-state index is -0.337. The lowest BCUT2D eigenvalue weighted by Gasteiger charge is -2.10. The number of unbranched alkanes of at least 4 members (excludes halogenated alkanes) is 4. The van der Waals surface area contributed by atoms with Crippen LogP contribution in [-0.2, 0) is 9.59 Å². The molecule has 9 heteroatoms. The number of carbonyl (C=O) groups is 2. The van der Waals surface area contributed by atoms with Gasteiger partial charge in [-0.3, -0.25) is 14.8 Å². The quantitative estimate of drug-likeness (QED) is 0.154. The third kappa shape index (κ3) is 9.05. The third-order valence-corrected chi connectivity index (χ3v) is 5.19. The van der Waals surface area contributed by atoms with Crippen molar-refractivity contribution >= 4 is 29.1 Å². The molecule has 0 saturated carbocycles. The summed E-state index contributed by atoms with van der Waals surface area (Å²) in [4.78, 5) is 31.1. The summed E-state index contributed by atoms with van der Waals surface area (Å²) in [6.07, 6.45) is 6.74. The van der Waals surface area contributed by atoms with Gasteiger partial charge in [0.15, 0.2) is 0 Å². The molecule has 0 radical (unpaired) electrons. The molecule has 2 aromatic carbocycles. The summed E-state index contributed by atoms with van der Waals surface area (Å²) in [7, 11) is 0. The van der Waals surface area contributed by atoms with Gasteiger partial charge < -0.3 is 15.4 Å². The van der Waals surface area contributed by atoms with Crippen molar-refractivity contribution < 1.29 is 19.5 Å². The van der Waals surface area contributed by atoms with Crippen LogP contribution in [0.2, 0.25) is 0 Å². The number of nitrogens with zero attached hydrogens (tertiary/aromatic N) is 2. The number of anilines is 3. The monoisotopic (exact) mass is 477 g/mol. The number of rotatable bonds is 13. The largest absolute Gasteiger partial charge is 0.494 e. The molecule has 184 valence electrons. The van der Waals surface area contributed by atoms with Gasteiger partial charge in [0.05, 0.1) is 12.3 Å². The fourth-order valence-electron chi connectivity index (χ4n) is 3.46. The number of aromatic nitrogens is 2. The van der Waals surface area contributed by atoms with Crippen LogP contribution < -0.4 is 20.9 Å². The molecule has 4 N–H and O–H groups in total. The zero-order chi connectivity index (χ0) is 24.9. The average molecular weight is 478 g/mol. The summed E-state index contributed by atoms with van der Waals surface area (Å²) in [6, 6.07) is 17.0. The van der Waals surface area contributed by atoms with Crippen molar-refractivity contribution in [3.8, 4) is 17.0 Å². The first-order valence-electron chi connectivity index (χ1n) is 11.7. The molecular formula is C26H31N5O4. The van der Waals surface area contributed by atoms with Crippen LogP contribution in [0.5, 0.6) is 5.75 Å². The Labute approximate surface area is 204 Å². The standard InChI is InChI=1S/C26H31N5O4/c1-19(32)28-21-13-11-20(12-14-21)24-15-16-27-26(30-24)29-22-8-7-9-23(18-22)35-17-6-4-2-3-5-10-25(33)31-34/h7-9,11-16,18,34H,2-6,10,17H2,1H3,(H,28,32)(H,31,33)(H,27,29,30). The zero-order valence-corrected chi connectivity index (χ0v) is 19.8. The van der Waals surface area contributed by atoms with Crippen LogP contribution in [0.3, 0.4) is 0 Å². The summed E-state index contributed by atoms with van der Waals surface area (Å²) in [5, 5.41) is 14.4. The van der Waals surface area contributed by atoms with E-state index in [9.17, 15) is 9.59 Å². The van der Waals surface area contributed by atoms with E-state index in [-0.39, 0.29) is 11.8 Å². The second-order valence-electron chi connectivity index (χ2n) is 8.08. The van der Waals surface area contributed by atoms with Gasteiger partial charge in [-0.2, -0.15) is 0 Å². The first-order valence-corrected chi connectivity index (χ1v) is 11.7. The Kier molecular flexibility index (Phi) is 10.0. The normalized spacial score (nSPS) is 10.5. The maximum atomic E-state index is 11.2. The van der Waals surface area contributed by atoms with Gasteiger partial charge in [0, 0.05) is 42.5 Å². The molecule has 1 aromatic heterocycles. The van der Waals surface area contributed by atoms with Gasteiger partial charge in [0.2, 0.25) is 17.8 Å². The number of hydroxylamine groups is 1. The minimum absolute atomic E-state index is 0.112. The Morgan fingerprint density at radius 1 is 0.943 bits per heavy atom. The highest BCUT2D eigenvalue weighted by Crippen LogP contribution is 2.23. The highest BCUT2D eigenvalue weighted by molar-refractivity contribution is 5.88. The summed E-state index contributed by atoms with van der Waals surface area (Å²) in [6.45, 7) is 2.09. The lowest BCUT2D eigenvalue weighted by molar-refractivity contribution is -0.129. The Morgan fingerprint density at radius 3 is 2.49 bits per heavy atom. The van der Waals surface area contributed by atoms with E-state index in [0.29, 0.717) is 19.0 Å². The van der Waals surface area contributed by atoms with Crippen LogP contribution in [0.25, 0.3) is 11.3 Å². The van der Waals surface area contributed by atoms with Gasteiger partial charge >= 0.3 is 0 Å². The topological polar surface area (TPSA) is 125 Å². The Balaban J connectivity index is 1.47. The van der Waals surface area contributed by atoms with Crippen LogP contribution in [0.4, 0.5) is 17.3 Å². The lowest BCUT2D eigenvalue weighted by Crippen LogP contribution is -2.17. The van der Waals surface area contributed by atoms with Crippen molar-refractivity contribution in [2.75, 3.05) is 17.2 Å². The van der Waals surface area contributed by atoms with Gasteiger partial charge in [-0.25, -0.2) is 15.4 Å². The molecule has 2 amide bonds. The van der Waals surface area contributed by atoms with Crippen LogP contribution in [-0.4, -0.2) is 33.6 Å². The molecule has 0 aliphatic heterocycles. The summed E-state index contributed by atoms with van der Waals surface area (Å²) >= 11 is 0. The lowest BCUT2D eigenvalue weighted by atomic mass is 10.1. The van der Waals surface area contributed by atoms with E-state index < -0.39 is 0 Å². The van der Waals surface area contributed by atoms with E-state index in [1.54, 1.807) is 11.7 Å². The molecule has 0 bridgehead atoms. The maximum absolute atomic E-state index is 11.2. The molecule has 35 heavy (non-hydrogen) atoms. The van der Waals surface area contributed by atoms with Crippen molar-refractivity contribution in [3.63, 3.8) is 0 Å². The van der Waals surface area contributed by atoms with Crippen molar-refractivity contribution in [3.05, 3.63) is 60.8 Å². The highest BCUT2D eigenvalue weighted by Gasteiger charge is 2.05. The van der Waals surface area contributed by atoms with Gasteiger partial charge in [0.1, 0.15) is 5.75 Å². The van der Waals surface area contributed by atoms with E-state index in [4.69, 9.17) is 9.94 Å². The molecule has 3 aromatic rings. The Bertz CT molecular complexity index is 1100. The SMILES string of the molecule is CC(=O)Nc1ccc(-c2ccnc(Nc3cccc(OCCCCCCCC(=O)NO)c3)n2)cc1. The van der Waals surface area contributed by atoms with E-state index >= 15 is 0 Å². The summed E-state index contributed by atoms with van der Waals surface area (Å²) < 4.78 is 5.87. The number of benzene rings is 2. The predicted octanol–water partition coefficient (Wildman–Crippen LogP) is 5.07. The fraction of sp³-hybridized carbons (Fsp3) is 0.308.